The largest absolute Gasteiger partial charge is 0.377 e. The monoisotopic (exact) mass is 228 g/mol. The smallest absolute Gasteiger partial charge is 0.0936 e. The first-order chi connectivity index (χ1) is 7.84. The highest BCUT2D eigenvalue weighted by molar-refractivity contribution is 4.71. The molecular formula is C12H24N2O2. The Labute approximate surface area is 98.3 Å². The van der Waals surface area contributed by atoms with Gasteiger partial charge in [-0.15, -0.1) is 0 Å². The van der Waals surface area contributed by atoms with Crippen LogP contribution in [0.15, 0.2) is 0 Å². The average molecular weight is 228 g/mol. The van der Waals surface area contributed by atoms with Gasteiger partial charge >= 0.3 is 0 Å². The summed E-state index contributed by atoms with van der Waals surface area (Å²) in [6.07, 6.45) is 3.27. The van der Waals surface area contributed by atoms with Crippen LogP contribution in [0.1, 0.15) is 19.8 Å². The van der Waals surface area contributed by atoms with Gasteiger partial charge in [-0.05, 0) is 32.9 Å². The van der Waals surface area contributed by atoms with Crippen molar-refractivity contribution in [1.82, 2.24) is 10.2 Å². The normalized spacial score (nSPS) is 32.1. The number of hydrogen-bond donors (Lipinski definition) is 1. The summed E-state index contributed by atoms with van der Waals surface area (Å²) in [6, 6.07) is 0. The third-order valence-electron chi connectivity index (χ3n) is 3.28. The second-order valence-electron chi connectivity index (χ2n) is 4.85. The van der Waals surface area contributed by atoms with Crippen LogP contribution in [0.25, 0.3) is 0 Å². The zero-order valence-electron chi connectivity index (χ0n) is 10.3. The fourth-order valence-corrected chi connectivity index (χ4v) is 2.39. The van der Waals surface area contributed by atoms with Gasteiger partial charge in [-0.1, -0.05) is 0 Å². The van der Waals surface area contributed by atoms with Gasteiger partial charge in [-0.3, -0.25) is 0 Å². The van der Waals surface area contributed by atoms with Crippen molar-refractivity contribution in [3.8, 4) is 0 Å². The predicted octanol–water partition coefficient (Wildman–Crippen LogP) is 0.476. The molecule has 2 aliphatic rings. The molecule has 0 aromatic carbocycles. The summed E-state index contributed by atoms with van der Waals surface area (Å²) < 4.78 is 11.4. The van der Waals surface area contributed by atoms with Crippen LogP contribution in [0.3, 0.4) is 0 Å². The topological polar surface area (TPSA) is 33.7 Å². The van der Waals surface area contributed by atoms with Gasteiger partial charge in [-0.25, -0.2) is 0 Å². The molecular weight excluding hydrogens is 204 g/mol. The van der Waals surface area contributed by atoms with Crippen LogP contribution in [0.2, 0.25) is 0 Å². The molecule has 2 unspecified atom stereocenters. The first-order valence-corrected chi connectivity index (χ1v) is 6.51. The van der Waals surface area contributed by atoms with Gasteiger partial charge in [0, 0.05) is 19.6 Å². The lowest BCUT2D eigenvalue weighted by Crippen LogP contribution is -2.45. The van der Waals surface area contributed by atoms with Crippen molar-refractivity contribution in [3.05, 3.63) is 0 Å². The van der Waals surface area contributed by atoms with Gasteiger partial charge in [-0.2, -0.15) is 0 Å². The van der Waals surface area contributed by atoms with Gasteiger partial charge in [0.2, 0.25) is 0 Å². The fraction of sp³-hybridized carbons (Fsp3) is 1.00. The van der Waals surface area contributed by atoms with Crippen LogP contribution >= 0.6 is 0 Å². The molecule has 2 aliphatic heterocycles. The molecule has 16 heavy (non-hydrogen) atoms. The van der Waals surface area contributed by atoms with Crippen molar-refractivity contribution in [2.45, 2.75) is 32.0 Å². The molecule has 2 heterocycles. The summed E-state index contributed by atoms with van der Waals surface area (Å²) in [5.74, 6) is 0. The van der Waals surface area contributed by atoms with Crippen molar-refractivity contribution in [3.63, 3.8) is 0 Å². The van der Waals surface area contributed by atoms with Gasteiger partial charge in [0.25, 0.3) is 0 Å². The molecule has 2 fully saturated rings. The Morgan fingerprint density at radius 2 is 2.12 bits per heavy atom. The molecule has 2 rings (SSSR count). The van der Waals surface area contributed by atoms with Gasteiger partial charge < -0.3 is 19.7 Å². The average Bonchev–Trinajstić information content (AvgIpc) is 2.77. The van der Waals surface area contributed by atoms with E-state index in [0.29, 0.717) is 6.10 Å². The van der Waals surface area contributed by atoms with E-state index in [9.17, 15) is 0 Å². The summed E-state index contributed by atoms with van der Waals surface area (Å²) in [7, 11) is 0. The van der Waals surface area contributed by atoms with Crippen LogP contribution in [-0.4, -0.2) is 63.0 Å². The first kappa shape index (κ1) is 12.3. The molecule has 2 atom stereocenters. The number of likely N-dealkylation sites (tertiary alicyclic amines) is 1. The van der Waals surface area contributed by atoms with Gasteiger partial charge in [0.05, 0.1) is 25.4 Å². The molecule has 2 saturated heterocycles. The van der Waals surface area contributed by atoms with Crippen molar-refractivity contribution in [2.24, 2.45) is 0 Å². The van der Waals surface area contributed by atoms with Crippen LogP contribution in [0, 0.1) is 0 Å². The maximum atomic E-state index is 5.76. The molecule has 0 radical (unpaired) electrons. The van der Waals surface area contributed by atoms with E-state index >= 15 is 0 Å². The Morgan fingerprint density at radius 3 is 2.88 bits per heavy atom. The molecule has 0 saturated carbocycles. The van der Waals surface area contributed by atoms with E-state index < -0.39 is 0 Å². The van der Waals surface area contributed by atoms with E-state index in [1.807, 2.05) is 0 Å². The SMILES string of the molecule is CC1CNCC(COCCN2CCCC2)O1. The zero-order valence-corrected chi connectivity index (χ0v) is 10.3. The number of nitrogens with zero attached hydrogens (tertiary/aromatic N) is 1. The maximum absolute atomic E-state index is 5.76. The Bertz CT molecular complexity index is 195. The minimum absolute atomic E-state index is 0.238. The van der Waals surface area contributed by atoms with Crippen molar-refractivity contribution in [2.75, 3.05) is 45.9 Å². The van der Waals surface area contributed by atoms with Crippen molar-refractivity contribution >= 4 is 0 Å². The molecule has 0 aliphatic carbocycles. The third kappa shape index (κ3) is 4.01. The number of hydrogen-bond acceptors (Lipinski definition) is 4. The van der Waals surface area contributed by atoms with E-state index in [4.69, 9.17) is 9.47 Å². The second kappa shape index (κ2) is 6.55. The van der Waals surface area contributed by atoms with Crippen LogP contribution in [-0.2, 0) is 9.47 Å². The second-order valence-corrected chi connectivity index (χ2v) is 4.85. The maximum Gasteiger partial charge on any atom is 0.0936 e. The molecule has 0 amide bonds. The van der Waals surface area contributed by atoms with E-state index in [1.54, 1.807) is 0 Å². The molecule has 0 aromatic heterocycles. The zero-order chi connectivity index (χ0) is 11.2. The lowest BCUT2D eigenvalue weighted by Gasteiger charge is -2.28. The number of nitrogens with one attached hydrogen (secondary N) is 1. The summed E-state index contributed by atoms with van der Waals surface area (Å²) >= 11 is 0. The molecule has 0 bridgehead atoms. The summed E-state index contributed by atoms with van der Waals surface area (Å²) in [6.45, 7) is 9.14. The Kier molecular flexibility index (Phi) is 5.03. The summed E-state index contributed by atoms with van der Waals surface area (Å²) in [5, 5.41) is 3.35. The molecule has 0 spiro atoms. The highest BCUT2D eigenvalue weighted by atomic mass is 16.5. The van der Waals surface area contributed by atoms with E-state index in [2.05, 4.69) is 17.1 Å². The minimum Gasteiger partial charge on any atom is -0.377 e. The fourth-order valence-electron chi connectivity index (χ4n) is 2.39. The predicted molar refractivity (Wildman–Crippen MR) is 63.7 cm³/mol. The lowest BCUT2D eigenvalue weighted by atomic mass is 10.2. The van der Waals surface area contributed by atoms with Gasteiger partial charge in [0.15, 0.2) is 0 Å². The van der Waals surface area contributed by atoms with Gasteiger partial charge in [0.1, 0.15) is 0 Å². The standard InChI is InChI=1S/C12H24N2O2/c1-11-8-13-9-12(16-11)10-15-7-6-14-4-2-3-5-14/h11-13H,2-10H2,1H3. The molecule has 4 heteroatoms. The molecule has 0 aromatic rings. The Balaban J connectivity index is 1.50. The number of rotatable bonds is 5. The lowest BCUT2D eigenvalue weighted by molar-refractivity contribution is -0.0698. The number of morpholine rings is 1. The quantitative estimate of drug-likeness (QED) is 0.694. The van der Waals surface area contributed by atoms with E-state index in [0.717, 1.165) is 32.8 Å². The first-order valence-electron chi connectivity index (χ1n) is 6.51. The summed E-state index contributed by atoms with van der Waals surface area (Å²) in [5.41, 5.74) is 0. The van der Waals surface area contributed by atoms with Crippen molar-refractivity contribution < 1.29 is 9.47 Å². The van der Waals surface area contributed by atoms with Crippen molar-refractivity contribution in [1.29, 1.82) is 0 Å². The number of ether oxygens (including phenoxy) is 2. The third-order valence-corrected chi connectivity index (χ3v) is 3.28. The van der Waals surface area contributed by atoms with E-state index in [-0.39, 0.29) is 6.10 Å². The molecule has 4 nitrogen and oxygen atoms in total. The highest BCUT2D eigenvalue weighted by Gasteiger charge is 2.18. The summed E-state index contributed by atoms with van der Waals surface area (Å²) in [4.78, 5) is 2.47. The molecule has 94 valence electrons. The molecule has 1 N–H and O–H groups in total. The van der Waals surface area contributed by atoms with Crippen LogP contribution in [0.5, 0.6) is 0 Å². The van der Waals surface area contributed by atoms with Crippen LogP contribution in [0.4, 0.5) is 0 Å². The van der Waals surface area contributed by atoms with Crippen LogP contribution < -0.4 is 5.32 Å². The Morgan fingerprint density at radius 1 is 1.31 bits per heavy atom. The van der Waals surface area contributed by atoms with E-state index in [1.165, 1.54) is 25.9 Å². The highest BCUT2D eigenvalue weighted by Crippen LogP contribution is 2.07. The minimum atomic E-state index is 0.238. The Hall–Kier alpha value is -0.160.